The monoisotopic (exact) mass is 302 g/mol. The number of nitrogens with two attached hydrogens (primary N) is 1. The molecule has 0 bridgehead atoms. The fourth-order valence-electron chi connectivity index (χ4n) is 1.55. The van der Waals surface area contributed by atoms with Crippen LogP contribution in [0.4, 0.5) is 0 Å². The highest BCUT2D eigenvalue weighted by Crippen LogP contribution is 2.25. The van der Waals surface area contributed by atoms with E-state index in [0.29, 0.717) is 18.0 Å². The van der Waals surface area contributed by atoms with Crippen LogP contribution < -0.4 is 10.5 Å². The molecule has 3 N–H and O–H groups in total. The van der Waals surface area contributed by atoms with Crippen molar-refractivity contribution in [2.75, 3.05) is 0 Å². The molecule has 0 aliphatic heterocycles. The molecule has 98 valence electrons. The number of rotatable bonds is 5. The first kappa shape index (κ1) is 13.7. The highest BCUT2D eigenvalue weighted by Gasteiger charge is 2.19. The Labute approximate surface area is 115 Å². The molecule has 2 rings (SSSR count). The summed E-state index contributed by atoms with van der Waals surface area (Å²) in [4.78, 5) is 2.98. The van der Waals surface area contributed by atoms with Gasteiger partial charge >= 0.3 is 0 Å². The van der Waals surface area contributed by atoms with Crippen LogP contribution in [0.25, 0.3) is 0 Å². The third-order valence-corrected chi connectivity index (χ3v) is 6.04. The topological polar surface area (TPSA) is 72.2 Å². The minimum absolute atomic E-state index is 0.327. The predicted octanol–water partition coefficient (Wildman–Crippen LogP) is 2.06. The van der Waals surface area contributed by atoms with Crippen LogP contribution in [0.5, 0.6) is 0 Å². The molecule has 0 amide bonds. The van der Waals surface area contributed by atoms with Gasteiger partial charge in [0.25, 0.3) is 0 Å². The van der Waals surface area contributed by atoms with Gasteiger partial charge in [-0.2, -0.15) is 0 Å². The average molecular weight is 302 g/mol. The van der Waals surface area contributed by atoms with E-state index in [1.165, 1.54) is 22.7 Å². The maximum Gasteiger partial charge on any atom is 0.242 e. The third-order valence-electron chi connectivity index (χ3n) is 2.43. The lowest BCUT2D eigenvalue weighted by Gasteiger charge is -2.04. The average Bonchev–Trinajstić information content (AvgIpc) is 2.95. The lowest BCUT2D eigenvalue weighted by atomic mass is 10.4. The first-order valence-corrected chi connectivity index (χ1v) is 8.52. The molecule has 7 heteroatoms. The van der Waals surface area contributed by atoms with Crippen molar-refractivity contribution < 1.29 is 8.42 Å². The van der Waals surface area contributed by atoms with Gasteiger partial charge < -0.3 is 5.73 Å². The summed E-state index contributed by atoms with van der Waals surface area (Å²) in [6.07, 6.45) is 0. The fraction of sp³-hybridized carbons (Fsp3) is 0.273. The predicted molar refractivity (Wildman–Crippen MR) is 75.3 cm³/mol. The lowest BCUT2D eigenvalue weighted by Crippen LogP contribution is -2.22. The van der Waals surface area contributed by atoms with E-state index in [2.05, 4.69) is 4.72 Å². The normalized spacial score (nSPS) is 11.9. The van der Waals surface area contributed by atoms with Gasteiger partial charge in [-0.1, -0.05) is 6.07 Å². The van der Waals surface area contributed by atoms with E-state index in [0.717, 1.165) is 14.6 Å². The second kappa shape index (κ2) is 5.50. The summed E-state index contributed by atoms with van der Waals surface area (Å²) in [6, 6.07) is 5.45. The summed E-state index contributed by atoms with van der Waals surface area (Å²) in [5.74, 6) is 0. The highest BCUT2D eigenvalue weighted by atomic mass is 32.2. The molecule has 4 nitrogen and oxygen atoms in total. The zero-order valence-electron chi connectivity index (χ0n) is 9.84. The Bertz CT molecular complexity index is 615. The molecule has 2 aromatic rings. The molecular weight excluding hydrogens is 288 g/mol. The van der Waals surface area contributed by atoms with Crippen molar-refractivity contribution in [3.05, 3.63) is 38.2 Å². The maximum absolute atomic E-state index is 12.1. The van der Waals surface area contributed by atoms with Gasteiger partial charge in [0.1, 0.15) is 0 Å². The first-order chi connectivity index (χ1) is 8.53. The van der Waals surface area contributed by atoms with E-state index in [4.69, 9.17) is 5.73 Å². The van der Waals surface area contributed by atoms with Crippen LogP contribution in [0, 0.1) is 6.92 Å². The number of thiophene rings is 2. The first-order valence-electron chi connectivity index (χ1n) is 5.34. The van der Waals surface area contributed by atoms with Crippen LogP contribution in [0.15, 0.2) is 28.5 Å². The summed E-state index contributed by atoms with van der Waals surface area (Å²) < 4.78 is 26.9. The molecule has 18 heavy (non-hydrogen) atoms. The number of hydrogen-bond donors (Lipinski definition) is 2. The van der Waals surface area contributed by atoms with Gasteiger partial charge in [-0.05, 0) is 24.4 Å². The molecule has 0 saturated heterocycles. The Morgan fingerprint density at radius 3 is 2.72 bits per heavy atom. The molecule has 0 aliphatic carbocycles. The van der Waals surface area contributed by atoms with E-state index >= 15 is 0 Å². The molecule has 0 fully saturated rings. The summed E-state index contributed by atoms with van der Waals surface area (Å²) >= 11 is 2.95. The van der Waals surface area contributed by atoms with Crippen LogP contribution >= 0.6 is 22.7 Å². The fourth-order valence-corrected chi connectivity index (χ4v) is 4.80. The molecule has 2 aromatic heterocycles. The Morgan fingerprint density at radius 2 is 2.17 bits per heavy atom. The van der Waals surface area contributed by atoms with Crippen molar-refractivity contribution in [3.63, 3.8) is 0 Å². The van der Waals surface area contributed by atoms with Gasteiger partial charge in [0.15, 0.2) is 0 Å². The number of hydrogen-bond acceptors (Lipinski definition) is 5. The van der Waals surface area contributed by atoms with Crippen molar-refractivity contribution in [1.82, 2.24) is 4.72 Å². The van der Waals surface area contributed by atoms with Crippen LogP contribution in [0.2, 0.25) is 0 Å². The Kier molecular flexibility index (Phi) is 4.18. The van der Waals surface area contributed by atoms with Gasteiger partial charge in [0, 0.05) is 27.7 Å². The van der Waals surface area contributed by atoms with Crippen molar-refractivity contribution in [2.24, 2.45) is 5.73 Å². The molecule has 0 radical (unpaired) electrons. The van der Waals surface area contributed by atoms with Crippen LogP contribution in [0.3, 0.4) is 0 Å². The molecule has 0 unspecified atom stereocenters. The Hall–Kier alpha value is -0.730. The van der Waals surface area contributed by atoms with E-state index in [9.17, 15) is 8.42 Å². The number of sulfonamides is 1. The molecule has 0 spiro atoms. The summed E-state index contributed by atoms with van der Waals surface area (Å²) in [5.41, 5.74) is 5.52. The minimum atomic E-state index is -3.44. The Morgan fingerprint density at radius 1 is 1.39 bits per heavy atom. The van der Waals surface area contributed by atoms with Gasteiger partial charge in [0.05, 0.1) is 4.90 Å². The van der Waals surface area contributed by atoms with E-state index < -0.39 is 10.0 Å². The van der Waals surface area contributed by atoms with Gasteiger partial charge in [0.2, 0.25) is 10.0 Å². The van der Waals surface area contributed by atoms with Crippen LogP contribution in [-0.4, -0.2) is 8.42 Å². The maximum atomic E-state index is 12.1. The molecule has 0 aliphatic rings. The van der Waals surface area contributed by atoms with Gasteiger partial charge in [-0.25, -0.2) is 13.1 Å². The van der Waals surface area contributed by atoms with Crippen molar-refractivity contribution in [1.29, 1.82) is 0 Å². The minimum Gasteiger partial charge on any atom is -0.326 e. The third kappa shape index (κ3) is 2.99. The zero-order valence-corrected chi connectivity index (χ0v) is 12.3. The molecule has 0 aromatic carbocycles. The molecule has 0 saturated carbocycles. The van der Waals surface area contributed by atoms with Gasteiger partial charge in [-0.15, -0.1) is 22.7 Å². The molecular formula is C11H14N2O2S3. The van der Waals surface area contributed by atoms with E-state index in [-0.39, 0.29) is 0 Å². The Balaban J connectivity index is 2.17. The van der Waals surface area contributed by atoms with Crippen molar-refractivity contribution >= 4 is 32.7 Å². The summed E-state index contributed by atoms with van der Waals surface area (Å²) in [5, 5.41) is 1.92. The standard InChI is InChI=1S/C11H14N2O2S3/c1-8-11(5-10(6-12)17-8)18(14,15)13-7-9-3-2-4-16-9/h2-5,13H,6-7,12H2,1H3. The number of nitrogens with one attached hydrogen (secondary N) is 1. The SMILES string of the molecule is Cc1sc(CN)cc1S(=O)(=O)NCc1cccs1. The zero-order chi connectivity index (χ0) is 13.2. The van der Waals surface area contributed by atoms with E-state index in [1.54, 1.807) is 13.0 Å². The van der Waals surface area contributed by atoms with Crippen LogP contribution in [-0.2, 0) is 23.1 Å². The summed E-state index contributed by atoms with van der Waals surface area (Å²) in [6.45, 7) is 2.49. The largest absolute Gasteiger partial charge is 0.326 e. The van der Waals surface area contributed by atoms with Crippen molar-refractivity contribution in [3.8, 4) is 0 Å². The quantitative estimate of drug-likeness (QED) is 0.888. The number of aryl methyl sites for hydroxylation is 1. The second-order valence-electron chi connectivity index (χ2n) is 3.74. The lowest BCUT2D eigenvalue weighted by molar-refractivity contribution is 0.581. The van der Waals surface area contributed by atoms with Crippen molar-refractivity contribution in [2.45, 2.75) is 24.9 Å². The second-order valence-corrected chi connectivity index (χ2v) is 7.85. The van der Waals surface area contributed by atoms with Crippen LogP contribution in [0.1, 0.15) is 14.6 Å². The highest BCUT2D eigenvalue weighted by molar-refractivity contribution is 7.89. The smallest absolute Gasteiger partial charge is 0.242 e. The van der Waals surface area contributed by atoms with Gasteiger partial charge in [-0.3, -0.25) is 0 Å². The summed E-state index contributed by atoms with van der Waals surface area (Å²) in [7, 11) is -3.44. The molecule has 2 heterocycles. The molecule has 0 atom stereocenters. The van der Waals surface area contributed by atoms with E-state index in [1.807, 2.05) is 17.5 Å².